The van der Waals surface area contributed by atoms with Crippen LogP contribution in [0.3, 0.4) is 0 Å². The van der Waals surface area contributed by atoms with Crippen LogP contribution in [0.1, 0.15) is 0 Å². The van der Waals surface area contributed by atoms with Crippen molar-refractivity contribution in [2.45, 2.75) is 0 Å². The summed E-state index contributed by atoms with van der Waals surface area (Å²) < 4.78 is 2.73. The molecule has 0 radical (unpaired) electrons. The molecule has 3 aromatic rings. The van der Waals surface area contributed by atoms with E-state index in [4.69, 9.17) is 0 Å². The molecule has 0 spiro atoms. The van der Waals surface area contributed by atoms with Crippen molar-refractivity contribution in [2.24, 2.45) is 0 Å². The van der Waals surface area contributed by atoms with Crippen LogP contribution in [0, 0.1) is 0 Å². The smallest absolute Gasteiger partial charge is 0.153 e. The highest BCUT2D eigenvalue weighted by Gasteiger charge is 2.03. The molecular formula is C14H10BrN3. The Labute approximate surface area is 113 Å². The predicted molar refractivity (Wildman–Crippen MR) is 74.5 cm³/mol. The number of benzene rings is 1. The van der Waals surface area contributed by atoms with Crippen LogP contribution in [-0.2, 0) is 0 Å². The number of nitrogens with zero attached hydrogens (tertiary/aromatic N) is 3. The molecule has 4 heteroatoms. The Kier molecular flexibility index (Phi) is 2.94. The van der Waals surface area contributed by atoms with Crippen LogP contribution in [0.15, 0.2) is 65.5 Å². The molecule has 0 saturated carbocycles. The normalized spacial score (nSPS) is 10.5. The zero-order valence-corrected chi connectivity index (χ0v) is 11.1. The largest absolute Gasteiger partial charge is 0.236 e. The Hall–Kier alpha value is -1.94. The lowest BCUT2D eigenvalue weighted by molar-refractivity contribution is 0.846. The fraction of sp³-hybridized carbons (Fsp3) is 0. The van der Waals surface area contributed by atoms with Gasteiger partial charge in [-0.05, 0) is 33.6 Å². The minimum absolute atomic E-state index is 0.806. The van der Waals surface area contributed by atoms with Gasteiger partial charge in [0.1, 0.15) is 0 Å². The highest BCUT2D eigenvalue weighted by molar-refractivity contribution is 9.10. The van der Waals surface area contributed by atoms with E-state index < -0.39 is 0 Å². The van der Waals surface area contributed by atoms with Gasteiger partial charge in [0.15, 0.2) is 5.82 Å². The summed E-state index contributed by atoms with van der Waals surface area (Å²) in [7, 11) is 0. The predicted octanol–water partition coefficient (Wildman–Crippen LogP) is 3.70. The first kappa shape index (κ1) is 11.2. The zero-order chi connectivity index (χ0) is 12.4. The topological polar surface area (TPSA) is 30.7 Å². The van der Waals surface area contributed by atoms with Crippen LogP contribution in [0.4, 0.5) is 0 Å². The maximum atomic E-state index is 4.33. The zero-order valence-electron chi connectivity index (χ0n) is 9.49. The molecule has 3 rings (SSSR count). The Morgan fingerprint density at radius 3 is 2.44 bits per heavy atom. The third-order valence-electron chi connectivity index (χ3n) is 2.64. The number of hydrogen-bond acceptors (Lipinski definition) is 2. The third-order valence-corrected chi connectivity index (χ3v) is 3.11. The Balaban J connectivity index is 1.97. The monoisotopic (exact) mass is 299 g/mol. The summed E-state index contributed by atoms with van der Waals surface area (Å²) in [5, 5.41) is 4.33. The second-order valence-electron chi connectivity index (χ2n) is 3.87. The van der Waals surface area contributed by atoms with Crippen molar-refractivity contribution in [1.29, 1.82) is 0 Å². The summed E-state index contributed by atoms with van der Waals surface area (Å²) in [6.45, 7) is 0. The molecule has 2 aromatic heterocycles. The van der Waals surface area contributed by atoms with Crippen LogP contribution in [-0.4, -0.2) is 14.8 Å². The van der Waals surface area contributed by atoms with E-state index in [1.165, 1.54) is 0 Å². The maximum Gasteiger partial charge on any atom is 0.153 e. The van der Waals surface area contributed by atoms with Crippen molar-refractivity contribution >= 4 is 15.9 Å². The number of rotatable bonds is 2. The van der Waals surface area contributed by atoms with Gasteiger partial charge in [0, 0.05) is 22.4 Å². The maximum absolute atomic E-state index is 4.33. The molecular weight excluding hydrogens is 290 g/mol. The van der Waals surface area contributed by atoms with Gasteiger partial charge in [-0.25, -0.2) is 9.67 Å². The van der Waals surface area contributed by atoms with E-state index >= 15 is 0 Å². The lowest BCUT2D eigenvalue weighted by Gasteiger charge is -1.99. The fourth-order valence-corrected chi connectivity index (χ4v) is 1.97. The highest BCUT2D eigenvalue weighted by atomic mass is 79.9. The van der Waals surface area contributed by atoms with E-state index in [1.807, 2.05) is 42.7 Å². The average molecular weight is 300 g/mol. The second kappa shape index (κ2) is 4.74. The van der Waals surface area contributed by atoms with Crippen molar-refractivity contribution in [3.8, 4) is 16.9 Å². The van der Waals surface area contributed by atoms with Gasteiger partial charge in [-0.3, -0.25) is 0 Å². The van der Waals surface area contributed by atoms with Gasteiger partial charge in [-0.1, -0.05) is 30.3 Å². The molecule has 1 aromatic carbocycles. The number of halogens is 1. The van der Waals surface area contributed by atoms with Gasteiger partial charge in [0.2, 0.25) is 0 Å². The summed E-state index contributed by atoms with van der Waals surface area (Å²) in [5.41, 5.74) is 2.24. The highest BCUT2D eigenvalue weighted by Crippen LogP contribution is 2.19. The quantitative estimate of drug-likeness (QED) is 0.722. The first-order valence-electron chi connectivity index (χ1n) is 5.55. The number of pyridine rings is 1. The van der Waals surface area contributed by atoms with Gasteiger partial charge < -0.3 is 0 Å². The Morgan fingerprint density at radius 1 is 0.889 bits per heavy atom. The molecule has 88 valence electrons. The van der Waals surface area contributed by atoms with Crippen molar-refractivity contribution in [2.75, 3.05) is 0 Å². The van der Waals surface area contributed by atoms with Crippen molar-refractivity contribution in [3.05, 3.63) is 65.5 Å². The Bertz CT molecular complexity index is 644. The van der Waals surface area contributed by atoms with Crippen molar-refractivity contribution in [1.82, 2.24) is 14.8 Å². The minimum Gasteiger partial charge on any atom is -0.236 e. The summed E-state index contributed by atoms with van der Waals surface area (Å²) in [5.74, 6) is 0.806. The summed E-state index contributed by atoms with van der Waals surface area (Å²) in [6.07, 6.45) is 5.59. The molecule has 0 aliphatic carbocycles. The molecule has 0 unspecified atom stereocenters. The molecule has 0 atom stereocenters. The lowest BCUT2D eigenvalue weighted by Crippen LogP contribution is -1.96. The molecule has 0 bridgehead atoms. The molecule has 0 aliphatic rings. The standard InChI is InChI=1S/C14H10BrN3/c15-13-6-7-14(16-9-13)18-10-12(8-17-18)11-4-2-1-3-5-11/h1-10H. The van der Waals surface area contributed by atoms with Gasteiger partial charge >= 0.3 is 0 Å². The number of aromatic nitrogens is 3. The van der Waals surface area contributed by atoms with E-state index in [0.29, 0.717) is 0 Å². The summed E-state index contributed by atoms with van der Waals surface area (Å²) >= 11 is 3.37. The molecule has 0 N–H and O–H groups in total. The number of hydrogen-bond donors (Lipinski definition) is 0. The van der Waals surface area contributed by atoms with E-state index in [9.17, 15) is 0 Å². The van der Waals surface area contributed by atoms with E-state index in [2.05, 4.69) is 38.1 Å². The average Bonchev–Trinajstić information content (AvgIpc) is 2.90. The fourth-order valence-electron chi connectivity index (χ4n) is 1.73. The van der Waals surface area contributed by atoms with Crippen LogP contribution in [0.5, 0.6) is 0 Å². The SMILES string of the molecule is Brc1ccc(-n2cc(-c3ccccc3)cn2)nc1. The van der Waals surface area contributed by atoms with Gasteiger partial charge in [0.05, 0.1) is 6.20 Å². The first-order valence-corrected chi connectivity index (χ1v) is 6.34. The Morgan fingerprint density at radius 2 is 1.72 bits per heavy atom. The minimum atomic E-state index is 0.806. The molecule has 0 aliphatic heterocycles. The lowest BCUT2D eigenvalue weighted by atomic mass is 10.1. The molecule has 0 saturated heterocycles. The molecule has 2 heterocycles. The van der Waals surface area contributed by atoms with Crippen LogP contribution < -0.4 is 0 Å². The summed E-state index contributed by atoms with van der Waals surface area (Å²) in [6, 6.07) is 14.0. The van der Waals surface area contributed by atoms with Crippen molar-refractivity contribution in [3.63, 3.8) is 0 Å². The summed E-state index contributed by atoms with van der Waals surface area (Å²) in [4.78, 5) is 4.31. The third kappa shape index (κ3) is 2.19. The van der Waals surface area contributed by atoms with Gasteiger partial charge in [-0.15, -0.1) is 0 Å². The van der Waals surface area contributed by atoms with Gasteiger partial charge in [-0.2, -0.15) is 5.10 Å². The molecule has 0 fully saturated rings. The van der Waals surface area contributed by atoms with Crippen molar-refractivity contribution < 1.29 is 0 Å². The second-order valence-corrected chi connectivity index (χ2v) is 4.79. The molecule has 18 heavy (non-hydrogen) atoms. The van der Waals surface area contributed by atoms with Crippen LogP contribution in [0.25, 0.3) is 16.9 Å². The van der Waals surface area contributed by atoms with Crippen LogP contribution in [0.2, 0.25) is 0 Å². The molecule has 0 amide bonds. The van der Waals surface area contributed by atoms with E-state index in [-0.39, 0.29) is 0 Å². The van der Waals surface area contributed by atoms with E-state index in [0.717, 1.165) is 21.4 Å². The van der Waals surface area contributed by atoms with Gasteiger partial charge in [0.25, 0.3) is 0 Å². The van der Waals surface area contributed by atoms with Crippen LogP contribution >= 0.6 is 15.9 Å². The van der Waals surface area contributed by atoms with E-state index in [1.54, 1.807) is 10.9 Å². The first-order chi connectivity index (χ1) is 8.83. The molecule has 3 nitrogen and oxygen atoms in total.